The van der Waals surface area contributed by atoms with E-state index in [0.717, 1.165) is 23.1 Å². The molecule has 150 valence electrons. The lowest BCUT2D eigenvalue weighted by atomic mass is 9.89. The van der Waals surface area contributed by atoms with Crippen LogP contribution in [0.1, 0.15) is 46.9 Å². The predicted molar refractivity (Wildman–Crippen MR) is 102 cm³/mol. The average molecular weight is 386 g/mol. The standard InChI is InChI=1S/C22H26O6/c1-2-12-3-5-13(6-4-12)21-16-8-7-14(9-15(16)11-27-21)22-20(26)19(25)18(24)17(10-23)28-22/h3-9,17-26H,2,10-11H2,1H3. The Labute approximate surface area is 164 Å². The average Bonchev–Trinajstić information content (AvgIpc) is 3.15. The fourth-order valence-electron chi connectivity index (χ4n) is 4.03. The third-order valence-electron chi connectivity index (χ3n) is 5.77. The van der Waals surface area contributed by atoms with E-state index in [1.807, 2.05) is 18.2 Å². The largest absolute Gasteiger partial charge is 0.394 e. The van der Waals surface area contributed by atoms with E-state index in [-0.39, 0.29) is 6.10 Å². The molecule has 6 heteroatoms. The smallest absolute Gasteiger partial charge is 0.113 e. The van der Waals surface area contributed by atoms with Gasteiger partial charge in [0.2, 0.25) is 0 Å². The molecule has 2 aromatic rings. The van der Waals surface area contributed by atoms with Gasteiger partial charge in [-0.3, -0.25) is 0 Å². The van der Waals surface area contributed by atoms with Crippen LogP contribution in [-0.2, 0) is 22.5 Å². The summed E-state index contributed by atoms with van der Waals surface area (Å²) < 4.78 is 11.7. The Morgan fingerprint density at radius 1 is 0.929 bits per heavy atom. The number of ether oxygens (including phenoxy) is 2. The van der Waals surface area contributed by atoms with Crippen LogP contribution in [0.5, 0.6) is 0 Å². The van der Waals surface area contributed by atoms with Crippen molar-refractivity contribution in [2.45, 2.75) is 56.6 Å². The molecule has 0 amide bonds. The number of aliphatic hydroxyl groups is 4. The Balaban J connectivity index is 1.59. The van der Waals surface area contributed by atoms with Gasteiger partial charge < -0.3 is 29.9 Å². The lowest BCUT2D eigenvalue weighted by Crippen LogP contribution is -2.55. The van der Waals surface area contributed by atoms with Crippen molar-refractivity contribution in [1.82, 2.24) is 0 Å². The van der Waals surface area contributed by atoms with Crippen LogP contribution in [0.25, 0.3) is 0 Å². The first-order chi connectivity index (χ1) is 13.5. The van der Waals surface area contributed by atoms with Gasteiger partial charge in [0.15, 0.2) is 0 Å². The van der Waals surface area contributed by atoms with E-state index in [2.05, 4.69) is 31.2 Å². The Kier molecular flexibility index (Phi) is 5.51. The summed E-state index contributed by atoms with van der Waals surface area (Å²) in [5, 5.41) is 39.7. The van der Waals surface area contributed by atoms with Crippen molar-refractivity contribution in [3.63, 3.8) is 0 Å². The van der Waals surface area contributed by atoms with Crippen LogP contribution >= 0.6 is 0 Å². The van der Waals surface area contributed by atoms with Crippen LogP contribution in [-0.4, -0.2) is 51.4 Å². The lowest BCUT2D eigenvalue weighted by molar-refractivity contribution is -0.231. The summed E-state index contributed by atoms with van der Waals surface area (Å²) in [5.74, 6) is 0. The fraction of sp³-hybridized carbons (Fsp3) is 0.455. The molecule has 2 aliphatic rings. The van der Waals surface area contributed by atoms with Gasteiger partial charge in [0.05, 0.1) is 13.2 Å². The summed E-state index contributed by atoms with van der Waals surface area (Å²) in [6, 6.07) is 14.1. The summed E-state index contributed by atoms with van der Waals surface area (Å²) >= 11 is 0. The van der Waals surface area contributed by atoms with Crippen LogP contribution in [0.15, 0.2) is 42.5 Å². The minimum absolute atomic E-state index is 0.134. The van der Waals surface area contributed by atoms with Crippen molar-refractivity contribution in [2.24, 2.45) is 0 Å². The molecule has 0 radical (unpaired) electrons. The predicted octanol–water partition coefficient (Wildman–Crippen LogP) is 1.38. The minimum atomic E-state index is -1.38. The zero-order valence-corrected chi connectivity index (χ0v) is 15.7. The monoisotopic (exact) mass is 386 g/mol. The maximum absolute atomic E-state index is 10.4. The lowest BCUT2D eigenvalue weighted by Gasteiger charge is -2.40. The molecule has 6 nitrogen and oxygen atoms in total. The normalized spacial score (nSPS) is 32.3. The van der Waals surface area contributed by atoms with Gasteiger partial charge in [-0.25, -0.2) is 0 Å². The Bertz CT molecular complexity index is 818. The van der Waals surface area contributed by atoms with Gasteiger partial charge in [-0.2, -0.15) is 0 Å². The Hall–Kier alpha value is -1.80. The quantitative estimate of drug-likeness (QED) is 0.634. The number of aryl methyl sites for hydroxylation is 1. The number of hydrogen-bond donors (Lipinski definition) is 4. The molecule has 0 aromatic heterocycles. The first-order valence-corrected chi connectivity index (χ1v) is 9.67. The fourth-order valence-corrected chi connectivity index (χ4v) is 4.03. The van der Waals surface area contributed by atoms with Gasteiger partial charge in [0.1, 0.15) is 36.6 Å². The van der Waals surface area contributed by atoms with Gasteiger partial charge in [0, 0.05) is 0 Å². The van der Waals surface area contributed by atoms with Crippen molar-refractivity contribution in [2.75, 3.05) is 6.61 Å². The number of fused-ring (bicyclic) bond motifs is 1. The molecule has 28 heavy (non-hydrogen) atoms. The molecule has 0 saturated carbocycles. The minimum Gasteiger partial charge on any atom is -0.394 e. The van der Waals surface area contributed by atoms with E-state index < -0.39 is 37.1 Å². The number of aliphatic hydroxyl groups excluding tert-OH is 4. The van der Waals surface area contributed by atoms with Crippen LogP contribution in [0, 0.1) is 0 Å². The summed E-state index contributed by atoms with van der Waals surface area (Å²) in [5.41, 5.74) is 5.12. The first-order valence-electron chi connectivity index (χ1n) is 9.67. The molecule has 2 aromatic carbocycles. The molecule has 4 rings (SSSR count). The van der Waals surface area contributed by atoms with Crippen LogP contribution in [0.2, 0.25) is 0 Å². The number of benzene rings is 2. The van der Waals surface area contributed by atoms with Crippen LogP contribution in [0.3, 0.4) is 0 Å². The summed E-state index contributed by atoms with van der Waals surface area (Å²) in [7, 11) is 0. The third-order valence-corrected chi connectivity index (χ3v) is 5.77. The second kappa shape index (κ2) is 7.91. The maximum Gasteiger partial charge on any atom is 0.113 e. The molecule has 2 aliphatic heterocycles. The van der Waals surface area contributed by atoms with Gasteiger partial charge in [-0.15, -0.1) is 0 Å². The van der Waals surface area contributed by atoms with Gasteiger partial charge in [-0.1, -0.05) is 49.4 Å². The maximum atomic E-state index is 10.4. The topological polar surface area (TPSA) is 99.4 Å². The van der Waals surface area contributed by atoms with Crippen molar-refractivity contribution in [3.05, 3.63) is 70.3 Å². The Morgan fingerprint density at radius 2 is 1.64 bits per heavy atom. The number of hydrogen-bond acceptors (Lipinski definition) is 6. The highest BCUT2D eigenvalue weighted by Crippen LogP contribution is 2.39. The molecular weight excluding hydrogens is 360 g/mol. The zero-order valence-electron chi connectivity index (χ0n) is 15.7. The second-order valence-corrected chi connectivity index (χ2v) is 7.49. The molecule has 2 heterocycles. The van der Waals surface area contributed by atoms with Gasteiger partial charge in [0.25, 0.3) is 0 Å². The van der Waals surface area contributed by atoms with E-state index in [0.29, 0.717) is 12.2 Å². The van der Waals surface area contributed by atoms with Crippen molar-refractivity contribution < 1.29 is 29.9 Å². The molecule has 0 spiro atoms. The van der Waals surface area contributed by atoms with Gasteiger partial charge in [-0.05, 0) is 34.2 Å². The van der Waals surface area contributed by atoms with Gasteiger partial charge >= 0.3 is 0 Å². The second-order valence-electron chi connectivity index (χ2n) is 7.49. The van der Waals surface area contributed by atoms with E-state index in [1.54, 1.807) is 0 Å². The van der Waals surface area contributed by atoms with E-state index in [9.17, 15) is 20.4 Å². The SMILES string of the molecule is CCc1ccc(C2OCc3cc(C4OC(CO)C(O)C(O)C4O)ccc32)cc1. The summed E-state index contributed by atoms with van der Waals surface area (Å²) in [4.78, 5) is 0. The number of rotatable bonds is 4. The molecule has 0 bridgehead atoms. The van der Waals surface area contributed by atoms with E-state index in [4.69, 9.17) is 9.47 Å². The van der Waals surface area contributed by atoms with Crippen LogP contribution < -0.4 is 0 Å². The molecule has 0 aliphatic carbocycles. The zero-order chi connectivity index (χ0) is 19.8. The highest BCUT2D eigenvalue weighted by molar-refractivity contribution is 5.42. The van der Waals surface area contributed by atoms with E-state index >= 15 is 0 Å². The molecule has 1 fully saturated rings. The van der Waals surface area contributed by atoms with Crippen molar-refractivity contribution in [3.8, 4) is 0 Å². The molecule has 1 saturated heterocycles. The Morgan fingerprint density at radius 3 is 2.32 bits per heavy atom. The molecule has 6 atom stereocenters. The third kappa shape index (κ3) is 3.37. The highest BCUT2D eigenvalue weighted by Gasteiger charge is 2.44. The van der Waals surface area contributed by atoms with Crippen LogP contribution in [0.4, 0.5) is 0 Å². The molecule has 4 N–H and O–H groups in total. The van der Waals surface area contributed by atoms with E-state index in [1.165, 1.54) is 5.56 Å². The van der Waals surface area contributed by atoms with Crippen molar-refractivity contribution >= 4 is 0 Å². The summed E-state index contributed by atoms with van der Waals surface area (Å²) in [6.45, 7) is 2.13. The van der Waals surface area contributed by atoms with Crippen molar-refractivity contribution in [1.29, 1.82) is 0 Å². The molecule has 6 unspecified atom stereocenters. The highest BCUT2D eigenvalue weighted by atomic mass is 16.5. The summed E-state index contributed by atoms with van der Waals surface area (Å²) in [6.07, 6.45) is -4.92. The molecular formula is C22H26O6. The first kappa shape index (κ1) is 19.5.